The summed E-state index contributed by atoms with van der Waals surface area (Å²) in [5, 5.41) is 10.6. The van der Waals surface area contributed by atoms with Crippen LogP contribution >= 0.6 is 0 Å². The Morgan fingerprint density at radius 1 is 1.48 bits per heavy atom. The molecule has 4 heteroatoms. The molecule has 4 N–H and O–H groups in total. The lowest BCUT2D eigenvalue weighted by Crippen LogP contribution is -2.20. The number of aliphatic carboxylic acids is 1. The summed E-state index contributed by atoms with van der Waals surface area (Å²) < 4.78 is 0. The van der Waals surface area contributed by atoms with Crippen LogP contribution in [-0.4, -0.2) is 22.6 Å². The molecule has 1 fully saturated rings. The minimum absolute atomic E-state index is 0.403. The highest BCUT2D eigenvalue weighted by molar-refractivity contribution is 5.89. The van der Waals surface area contributed by atoms with Crippen molar-refractivity contribution in [3.05, 3.63) is 35.0 Å². The van der Waals surface area contributed by atoms with Gasteiger partial charge in [0.05, 0.1) is 5.92 Å². The number of aromatic nitrogens is 1. The number of aryl methyl sites for hydroxylation is 1. The molecule has 1 aliphatic carbocycles. The first-order valence-corrected chi connectivity index (χ1v) is 7.64. The summed E-state index contributed by atoms with van der Waals surface area (Å²) in [4.78, 5) is 14.8. The van der Waals surface area contributed by atoms with Crippen LogP contribution < -0.4 is 5.73 Å². The first-order chi connectivity index (χ1) is 10.1. The quantitative estimate of drug-likeness (QED) is 0.764. The molecule has 21 heavy (non-hydrogen) atoms. The molecule has 112 valence electrons. The molecule has 0 radical (unpaired) electrons. The first kappa shape index (κ1) is 14.1. The Morgan fingerprint density at radius 2 is 2.24 bits per heavy atom. The topological polar surface area (TPSA) is 79.1 Å². The number of hydrogen-bond donors (Lipinski definition) is 3. The number of hydrogen-bond acceptors (Lipinski definition) is 2. The van der Waals surface area contributed by atoms with Gasteiger partial charge in [-0.3, -0.25) is 4.79 Å². The van der Waals surface area contributed by atoms with Crippen LogP contribution in [0, 0.1) is 12.8 Å². The van der Waals surface area contributed by atoms with E-state index in [0.29, 0.717) is 25.3 Å². The zero-order valence-corrected chi connectivity index (χ0v) is 12.4. The number of rotatable bonds is 6. The van der Waals surface area contributed by atoms with Gasteiger partial charge < -0.3 is 15.8 Å². The first-order valence-electron chi connectivity index (χ1n) is 7.64. The minimum Gasteiger partial charge on any atom is -0.481 e. The molecule has 0 aliphatic heterocycles. The summed E-state index contributed by atoms with van der Waals surface area (Å²) in [6.45, 7) is 2.45. The van der Waals surface area contributed by atoms with Crippen LogP contribution in [0.3, 0.4) is 0 Å². The number of aromatic amines is 1. The molecule has 0 amide bonds. The zero-order chi connectivity index (χ0) is 15.0. The number of fused-ring (bicyclic) bond motifs is 1. The number of nitrogens with two attached hydrogens (primary N) is 1. The van der Waals surface area contributed by atoms with Gasteiger partial charge in [0.15, 0.2) is 0 Å². The Bertz CT molecular complexity index is 671. The minimum atomic E-state index is -0.752. The van der Waals surface area contributed by atoms with Gasteiger partial charge in [-0.05, 0) is 62.3 Å². The van der Waals surface area contributed by atoms with Gasteiger partial charge in [-0.1, -0.05) is 12.1 Å². The highest BCUT2D eigenvalue weighted by Gasteiger charge is 2.28. The van der Waals surface area contributed by atoms with Gasteiger partial charge in [0, 0.05) is 16.6 Å². The average molecular weight is 286 g/mol. The van der Waals surface area contributed by atoms with E-state index in [1.165, 1.54) is 23.8 Å². The maximum Gasteiger partial charge on any atom is 0.306 e. The molecule has 4 nitrogen and oxygen atoms in total. The van der Waals surface area contributed by atoms with Crippen molar-refractivity contribution in [3.8, 4) is 0 Å². The summed E-state index contributed by atoms with van der Waals surface area (Å²) in [7, 11) is 0. The van der Waals surface area contributed by atoms with E-state index in [1.54, 1.807) is 0 Å². The number of carboxylic acids is 1. The van der Waals surface area contributed by atoms with Gasteiger partial charge in [-0.25, -0.2) is 0 Å². The molecular weight excluding hydrogens is 264 g/mol. The number of nitrogens with one attached hydrogen (secondary N) is 1. The molecule has 1 aromatic heterocycles. The van der Waals surface area contributed by atoms with E-state index in [-0.39, 0.29) is 0 Å². The third kappa shape index (κ3) is 2.68. The molecule has 1 saturated carbocycles. The predicted molar refractivity (Wildman–Crippen MR) is 83.5 cm³/mol. The smallest absolute Gasteiger partial charge is 0.306 e. The molecule has 0 spiro atoms. The van der Waals surface area contributed by atoms with Crippen LogP contribution in [0.1, 0.15) is 42.0 Å². The number of benzene rings is 1. The van der Waals surface area contributed by atoms with E-state index in [4.69, 9.17) is 5.73 Å². The van der Waals surface area contributed by atoms with E-state index < -0.39 is 11.9 Å². The second-order valence-corrected chi connectivity index (χ2v) is 6.09. The molecule has 1 unspecified atom stereocenters. The van der Waals surface area contributed by atoms with E-state index in [0.717, 1.165) is 16.8 Å². The van der Waals surface area contributed by atoms with Gasteiger partial charge in [-0.15, -0.1) is 0 Å². The fraction of sp³-hybridized carbons (Fsp3) is 0.471. The van der Waals surface area contributed by atoms with Gasteiger partial charge in [-0.2, -0.15) is 0 Å². The second kappa shape index (κ2) is 5.53. The van der Waals surface area contributed by atoms with E-state index in [9.17, 15) is 9.90 Å². The Morgan fingerprint density at radius 3 is 2.86 bits per heavy atom. The van der Waals surface area contributed by atoms with Crippen molar-refractivity contribution in [2.24, 2.45) is 11.7 Å². The van der Waals surface area contributed by atoms with Crippen LogP contribution in [0.2, 0.25) is 0 Å². The van der Waals surface area contributed by atoms with Crippen molar-refractivity contribution in [3.63, 3.8) is 0 Å². The molecule has 1 aromatic carbocycles. The summed E-state index contributed by atoms with van der Waals surface area (Å²) >= 11 is 0. The van der Waals surface area contributed by atoms with Crippen LogP contribution in [-0.2, 0) is 11.2 Å². The number of carbonyl (C=O) groups is 1. The number of H-pyrrole nitrogens is 1. The van der Waals surface area contributed by atoms with Crippen LogP contribution in [0.4, 0.5) is 0 Å². The SMILES string of the molecule is Cc1[nH]c2cccc(C3CC3)c2c1CC(CCN)C(=O)O. The molecular formula is C17H22N2O2. The van der Waals surface area contributed by atoms with Crippen molar-refractivity contribution in [1.82, 2.24) is 4.98 Å². The van der Waals surface area contributed by atoms with Crippen LogP contribution in [0.15, 0.2) is 18.2 Å². The van der Waals surface area contributed by atoms with Crippen LogP contribution in [0.5, 0.6) is 0 Å². The molecule has 1 atom stereocenters. The van der Waals surface area contributed by atoms with E-state index >= 15 is 0 Å². The van der Waals surface area contributed by atoms with Gasteiger partial charge in [0.1, 0.15) is 0 Å². The second-order valence-electron chi connectivity index (χ2n) is 6.09. The van der Waals surface area contributed by atoms with Crippen LogP contribution in [0.25, 0.3) is 10.9 Å². The van der Waals surface area contributed by atoms with E-state index in [2.05, 4.69) is 23.2 Å². The fourth-order valence-electron chi connectivity index (χ4n) is 3.23. The monoisotopic (exact) mass is 286 g/mol. The summed E-state index contributed by atoms with van der Waals surface area (Å²) in [5.41, 5.74) is 10.3. The largest absolute Gasteiger partial charge is 0.481 e. The normalized spacial score (nSPS) is 16.3. The van der Waals surface area contributed by atoms with Gasteiger partial charge in [0.2, 0.25) is 0 Å². The van der Waals surface area contributed by atoms with Crippen molar-refractivity contribution in [1.29, 1.82) is 0 Å². The highest BCUT2D eigenvalue weighted by Crippen LogP contribution is 2.44. The highest BCUT2D eigenvalue weighted by atomic mass is 16.4. The van der Waals surface area contributed by atoms with Gasteiger partial charge >= 0.3 is 5.97 Å². The molecule has 2 aromatic rings. The third-order valence-electron chi connectivity index (χ3n) is 4.51. The Kier molecular flexibility index (Phi) is 3.72. The number of carboxylic acid groups (broad SMARTS) is 1. The summed E-state index contributed by atoms with van der Waals surface area (Å²) in [6, 6.07) is 6.36. The fourth-order valence-corrected chi connectivity index (χ4v) is 3.23. The molecule has 1 aliphatic rings. The Labute approximate surface area is 124 Å². The van der Waals surface area contributed by atoms with Gasteiger partial charge in [0.25, 0.3) is 0 Å². The Balaban J connectivity index is 2.04. The predicted octanol–water partition coefficient (Wildman–Crippen LogP) is 2.95. The summed E-state index contributed by atoms with van der Waals surface area (Å²) in [6.07, 6.45) is 3.57. The lowest BCUT2D eigenvalue weighted by molar-refractivity contribution is -0.141. The molecule has 0 bridgehead atoms. The Hall–Kier alpha value is -1.81. The molecule has 3 rings (SSSR count). The van der Waals surface area contributed by atoms with Crippen molar-refractivity contribution in [2.45, 2.75) is 38.5 Å². The average Bonchev–Trinajstić information content (AvgIpc) is 3.23. The van der Waals surface area contributed by atoms with Crippen molar-refractivity contribution < 1.29 is 9.90 Å². The third-order valence-corrected chi connectivity index (χ3v) is 4.51. The maximum atomic E-state index is 11.4. The van der Waals surface area contributed by atoms with E-state index in [1.807, 2.05) is 6.92 Å². The lowest BCUT2D eigenvalue weighted by Gasteiger charge is -2.12. The standard InChI is InChI=1S/C17H22N2O2/c1-10-14(9-12(7-8-18)17(20)21)16-13(11-5-6-11)3-2-4-15(16)19-10/h2-4,11-12,19H,5-9,18H2,1H3,(H,20,21). The summed E-state index contributed by atoms with van der Waals surface area (Å²) in [5.74, 6) is -0.501. The molecule has 1 heterocycles. The zero-order valence-electron chi connectivity index (χ0n) is 12.4. The lowest BCUT2D eigenvalue weighted by atomic mass is 9.92. The maximum absolute atomic E-state index is 11.4. The van der Waals surface area contributed by atoms with Crippen molar-refractivity contribution in [2.75, 3.05) is 6.54 Å². The van der Waals surface area contributed by atoms with Crippen molar-refractivity contribution >= 4 is 16.9 Å². The molecule has 0 saturated heterocycles.